The average Bonchev–Trinajstić information content (AvgIpc) is 2.71. The molecule has 0 aromatic heterocycles. The molecule has 3 nitrogen and oxygen atoms in total. The maximum Gasteiger partial charge on any atom is 0.0924 e. The SMILES string of the molecule is C[C@]12CC[C@](O)(c3ccccc3)C[C@@]1(O)CC[C@@H]2CO. The zero-order valence-electron chi connectivity index (χ0n) is 12.0. The normalized spacial score (nSPS) is 44.3. The maximum atomic E-state index is 11.1. The van der Waals surface area contributed by atoms with Crippen LogP contribution >= 0.6 is 0 Å². The second-order valence-electron chi connectivity index (χ2n) is 6.94. The fourth-order valence-corrected chi connectivity index (χ4v) is 4.45. The minimum atomic E-state index is -0.945. The fraction of sp³-hybridized carbons (Fsp3) is 0.647. The van der Waals surface area contributed by atoms with E-state index in [0.29, 0.717) is 19.3 Å². The molecule has 3 N–H and O–H groups in total. The number of rotatable bonds is 2. The molecule has 1 aromatic carbocycles. The van der Waals surface area contributed by atoms with Crippen LogP contribution in [-0.4, -0.2) is 27.5 Å². The molecule has 0 bridgehead atoms. The van der Waals surface area contributed by atoms with E-state index in [1.54, 1.807) is 0 Å². The molecule has 3 rings (SSSR count). The summed E-state index contributed by atoms with van der Waals surface area (Å²) in [5.74, 6) is 0.146. The average molecular weight is 276 g/mol. The molecule has 110 valence electrons. The van der Waals surface area contributed by atoms with Gasteiger partial charge in [-0.15, -0.1) is 0 Å². The first-order valence-electron chi connectivity index (χ1n) is 7.55. The standard InChI is InChI=1S/C17H24O3/c1-15-9-10-16(19,13-5-3-2-4-6-13)12-17(15,20)8-7-14(15)11-18/h2-6,14,18-20H,7-12H2,1H3/t14-,15-,16-,17+/m1/s1. The Kier molecular flexibility index (Phi) is 3.20. The molecule has 0 spiro atoms. The van der Waals surface area contributed by atoms with Crippen LogP contribution in [0.5, 0.6) is 0 Å². The molecule has 20 heavy (non-hydrogen) atoms. The van der Waals surface area contributed by atoms with E-state index >= 15 is 0 Å². The van der Waals surface area contributed by atoms with Crippen molar-refractivity contribution >= 4 is 0 Å². The van der Waals surface area contributed by atoms with Gasteiger partial charge < -0.3 is 15.3 Å². The summed E-state index contributed by atoms with van der Waals surface area (Å²) in [5.41, 5.74) is -1.20. The van der Waals surface area contributed by atoms with Gasteiger partial charge in [0, 0.05) is 18.4 Å². The molecule has 2 fully saturated rings. The van der Waals surface area contributed by atoms with Crippen molar-refractivity contribution in [1.29, 1.82) is 0 Å². The zero-order valence-corrected chi connectivity index (χ0v) is 12.0. The van der Waals surface area contributed by atoms with Crippen LogP contribution in [0.25, 0.3) is 0 Å². The molecule has 0 heterocycles. The third kappa shape index (κ3) is 1.84. The largest absolute Gasteiger partial charge is 0.396 e. The van der Waals surface area contributed by atoms with Gasteiger partial charge in [-0.05, 0) is 37.2 Å². The summed E-state index contributed by atoms with van der Waals surface area (Å²) in [6.45, 7) is 2.20. The van der Waals surface area contributed by atoms with E-state index in [2.05, 4.69) is 6.92 Å². The lowest BCUT2D eigenvalue weighted by atomic mass is 9.58. The molecule has 2 saturated carbocycles. The van der Waals surface area contributed by atoms with E-state index in [1.807, 2.05) is 30.3 Å². The molecule has 2 aliphatic rings. The van der Waals surface area contributed by atoms with Gasteiger partial charge in [0.25, 0.3) is 0 Å². The molecule has 0 aliphatic heterocycles. The highest BCUT2D eigenvalue weighted by atomic mass is 16.3. The Labute approximate surface area is 120 Å². The number of aliphatic hydroxyl groups excluding tert-OH is 1. The summed E-state index contributed by atoms with van der Waals surface area (Å²) in [7, 11) is 0. The van der Waals surface area contributed by atoms with Crippen molar-refractivity contribution < 1.29 is 15.3 Å². The zero-order chi connectivity index (χ0) is 14.4. The van der Waals surface area contributed by atoms with Crippen molar-refractivity contribution in [3.8, 4) is 0 Å². The van der Waals surface area contributed by atoms with Crippen LogP contribution in [0, 0.1) is 11.3 Å². The summed E-state index contributed by atoms with van der Waals surface area (Å²) in [6.07, 6.45) is 3.28. The fourth-order valence-electron chi connectivity index (χ4n) is 4.45. The van der Waals surface area contributed by atoms with Crippen LogP contribution in [0.15, 0.2) is 30.3 Å². The van der Waals surface area contributed by atoms with Crippen molar-refractivity contribution in [2.24, 2.45) is 11.3 Å². The number of hydrogen-bond acceptors (Lipinski definition) is 3. The Morgan fingerprint density at radius 3 is 2.45 bits per heavy atom. The molecular formula is C17H24O3. The molecule has 0 radical (unpaired) electrons. The van der Waals surface area contributed by atoms with Crippen molar-refractivity contribution in [3.05, 3.63) is 35.9 Å². The van der Waals surface area contributed by atoms with E-state index in [4.69, 9.17) is 0 Å². The van der Waals surface area contributed by atoms with E-state index in [9.17, 15) is 15.3 Å². The number of fused-ring (bicyclic) bond motifs is 1. The quantitative estimate of drug-likeness (QED) is 0.776. The predicted octanol–water partition coefficient (Wildman–Crippen LogP) is 2.20. The lowest BCUT2D eigenvalue weighted by molar-refractivity contribution is -0.173. The summed E-state index contributed by atoms with van der Waals surface area (Å²) in [4.78, 5) is 0. The topological polar surface area (TPSA) is 60.7 Å². The Bertz CT molecular complexity index is 488. The van der Waals surface area contributed by atoms with Gasteiger partial charge >= 0.3 is 0 Å². The summed E-state index contributed by atoms with van der Waals surface area (Å²) < 4.78 is 0. The number of aliphatic hydroxyl groups is 3. The van der Waals surface area contributed by atoms with Gasteiger partial charge in [0.15, 0.2) is 0 Å². The van der Waals surface area contributed by atoms with E-state index in [-0.39, 0.29) is 17.9 Å². The third-order valence-electron chi connectivity index (χ3n) is 6.04. The summed E-state index contributed by atoms with van der Waals surface area (Å²) in [5, 5.41) is 31.7. The first-order chi connectivity index (χ1) is 9.44. The Balaban J connectivity index is 1.93. The van der Waals surface area contributed by atoms with E-state index in [1.165, 1.54) is 0 Å². The number of benzene rings is 1. The van der Waals surface area contributed by atoms with Crippen LogP contribution < -0.4 is 0 Å². The summed E-state index contributed by atoms with van der Waals surface area (Å²) >= 11 is 0. The third-order valence-corrected chi connectivity index (χ3v) is 6.04. The van der Waals surface area contributed by atoms with Crippen molar-refractivity contribution in [2.45, 2.75) is 50.2 Å². The maximum absolute atomic E-state index is 11.1. The van der Waals surface area contributed by atoms with Gasteiger partial charge in [0.05, 0.1) is 11.2 Å². The molecule has 4 atom stereocenters. The van der Waals surface area contributed by atoms with Gasteiger partial charge in [0.1, 0.15) is 0 Å². The molecule has 1 aromatic rings. The predicted molar refractivity (Wildman–Crippen MR) is 77.1 cm³/mol. The first-order valence-corrected chi connectivity index (χ1v) is 7.55. The minimum Gasteiger partial charge on any atom is -0.396 e. The van der Waals surface area contributed by atoms with Crippen LogP contribution in [0.3, 0.4) is 0 Å². The van der Waals surface area contributed by atoms with Gasteiger partial charge in [0.2, 0.25) is 0 Å². The van der Waals surface area contributed by atoms with E-state index < -0.39 is 11.2 Å². The molecule has 2 aliphatic carbocycles. The highest BCUT2D eigenvalue weighted by Crippen LogP contribution is 2.61. The van der Waals surface area contributed by atoms with Crippen LogP contribution in [0.4, 0.5) is 0 Å². The Morgan fingerprint density at radius 2 is 1.80 bits per heavy atom. The lowest BCUT2D eigenvalue weighted by Gasteiger charge is -2.52. The van der Waals surface area contributed by atoms with Crippen molar-refractivity contribution in [3.63, 3.8) is 0 Å². The second-order valence-corrected chi connectivity index (χ2v) is 6.94. The van der Waals surface area contributed by atoms with E-state index in [0.717, 1.165) is 18.4 Å². The van der Waals surface area contributed by atoms with Gasteiger partial charge in [-0.2, -0.15) is 0 Å². The highest BCUT2D eigenvalue weighted by Gasteiger charge is 2.61. The Morgan fingerprint density at radius 1 is 1.10 bits per heavy atom. The van der Waals surface area contributed by atoms with Crippen LogP contribution in [0.2, 0.25) is 0 Å². The van der Waals surface area contributed by atoms with Gasteiger partial charge in [-0.1, -0.05) is 37.3 Å². The smallest absolute Gasteiger partial charge is 0.0924 e. The molecular weight excluding hydrogens is 252 g/mol. The molecule has 3 heteroatoms. The van der Waals surface area contributed by atoms with Crippen molar-refractivity contribution in [2.75, 3.05) is 6.61 Å². The number of hydrogen-bond donors (Lipinski definition) is 3. The Hall–Kier alpha value is -0.900. The molecule has 0 unspecified atom stereocenters. The highest BCUT2D eigenvalue weighted by molar-refractivity contribution is 5.26. The van der Waals surface area contributed by atoms with Crippen LogP contribution in [0.1, 0.15) is 44.6 Å². The second kappa shape index (κ2) is 4.55. The van der Waals surface area contributed by atoms with Gasteiger partial charge in [-0.25, -0.2) is 0 Å². The first kappa shape index (κ1) is 14.1. The van der Waals surface area contributed by atoms with Crippen LogP contribution in [-0.2, 0) is 5.60 Å². The molecule has 0 amide bonds. The van der Waals surface area contributed by atoms with Gasteiger partial charge in [-0.3, -0.25) is 0 Å². The van der Waals surface area contributed by atoms with Crippen molar-refractivity contribution in [1.82, 2.24) is 0 Å². The minimum absolute atomic E-state index is 0.128. The lowest BCUT2D eigenvalue weighted by Crippen LogP contribution is -2.54. The molecule has 0 saturated heterocycles. The summed E-state index contributed by atoms with van der Waals surface area (Å²) in [6, 6.07) is 9.66. The monoisotopic (exact) mass is 276 g/mol.